The van der Waals surface area contributed by atoms with E-state index in [9.17, 15) is 9.90 Å². The Kier molecular flexibility index (Phi) is 3.72. The maximum atomic E-state index is 12.0. The normalized spacial score (nSPS) is 17.2. The number of H-pyrrole nitrogens is 1. The molecule has 0 radical (unpaired) electrons. The predicted octanol–water partition coefficient (Wildman–Crippen LogP) is 2.44. The molecule has 0 spiro atoms. The standard InChI is InChI=1S/C17H22N2O2/c1-12-4-5-14-13(11-19-15(14)10-12)6-9-18-16(20)17(21)7-2-3-8-17/h4-5,10-11,19,21H,2-3,6-9H2,1H3,(H,18,20). The fourth-order valence-electron chi connectivity index (χ4n) is 3.17. The molecule has 1 aliphatic carbocycles. The SMILES string of the molecule is Cc1ccc2c(CCNC(=O)C3(O)CCCC3)c[nH]c2c1. The Balaban J connectivity index is 1.61. The summed E-state index contributed by atoms with van der Waals surface area (Å²) in [5, 5.41) is 14.3. The second kappa shape index (κ2) is 5.53. The third-order valence-corrected chi connectivity index (χ3v) is 4.46. The van der Waals surface area contributed by atoms with E-state index in [0.717, 1.165) is 24.8 Å². The van der Waals surface area contributed by atoms with Crippen molar-refractivity contribution in [3.05, 3.63) is 35.5 Å². The molecule has 21 heavy (non-hydrogen) atoms. The largest absolute Gasteiger partial charge is 0.380 e. The molecule has 4 heteroatoms. The van der Waals surface area contributed by atoms with Crippen LogP contribution in [0.25, 0.3) is 10.9 Å². The minimum absolute atomic E-state index is 0.212. The number of rotatable bonds is 4. The van der Waals surface area contributed by atoms with Crippen LogP contribution in [0.2, 0.25) is 0 Å². The fraction of sp³-hybridized carbons (Fsp3) is 0.471. The molecule has 4 nitrogen and oxygen atoms in total. The lowest BCUT2D eigenvalue weighted by molar-refractivity contribution is -0.139. The van der Waals surface area contributed by atoms with Gasteiger partial charge in [-0.25, -0.2) is 0 Å². The Morgan fingerprint density at radius 3 is 2.90 bits per heavy atom. The zero-order valence-electron chi connectivity index (χ0n) is 12.4. The van der Waals surface area contributed by atoms with E-state index in [2.05, 4.69) is 35.4 Å². The van der Waals surface area contributed by atoms with Crippen molar-refractivity contribution >= 4 is 16.8 Å². The van der Waals surface area contributed by atoms with Gasteiger partial charge in [-0.2, -0.15) is 0 Å². The molecule has 1 saturated carbocycles. The summed E-state index contributed by atoms with van der Waals surface area (Å²) < 4.78 is 0. The number of benzene rings is 1. The molecule has 0 aliphatic heterocycles. The molecule has 0 bridgehead atoms. The van der Waals surface area contributed by atoms with E-state index in [4.69, 9.17) is 0 Å². The lowest BCUT2D eigenvalue weighted by Crippen LogP contribution is -2.45. The van der Waals surface area contributed by atoms with Crippen LogP contribution >= 0.6 is 0 Å². The smallest absolute Gasteiger partial charge is 0.251 e. The Bertz CT molecular complexity index is 654. The van der Waals surface area contributed by atoms with Crippen molar-refractivity contribution in [2.24, 2.45) is 0 Å². The van der Waals surface area contributed by atoms with Crippen molar-refractivity contribution in [3.63, 3.8) is 0 Å². The van der Waals surface area contributed by atoms with Crippen LogP contribution in [0.15, 0.2) is 24.4 Å². The van der Waals surface area contributed by atoms with E-state index in [1.165, 1.54) is 16.5 Å². The average Bonchev–Trinajstić information content (AvgIpc) is 3.06. The first-order valence-corrected chi connectivity index (χ1v) is 7.66. The molecular formula is C17H22N2O2. The number of aromatic nitrogens is 1. The Hall–Kier alpha value is -1.81. The van der Waals surface area contributed by atoms with Crippen LogP contribution in [0.4, 0.5) is 0 Å². The lowest BCUT2D eigenvalue weighted by Gasteiger charge is -2.20. The van der Waals surface area contributed by atoms with Gasteiger partial charge < -0.3 is 15.4 Å². The van der Waals surface area contributed by atoms with Gasteiger partial charge >= 0.3 is 0 Å². The van der Waals surface area contributed by atoms with Gasteiger partial charge in [-0.1, -0.05) is 12.1 Å². The topological polar surface area (TPSA) is 65.1 Å². The van der Waals surface area contributed by atoms with Gasteiger partial charge in [0.15, 0.2) is 0 Å². The zero-order valence-corrected chi connectivity index (χ0v) is 12.4. The van der Waals surface area contributed by atoms with Crippen LogP contribution in [0.3, 0.4) is 0 Å². The third-order valence-electron chi connectivity index (χ3n) is 4.46. The number of nitrogens with one attached hydrogen (secondary N) is 2. The number of aliphatic hydroxyl groups is 1. The maximum absolute atomic E-state index is 12.0. The van der Waals surface area contributed by atoms with E-state index in [1.807, 2.05) is 6.20 Å². The minimum atomic E-state index is -1.13. The van der Waals surface area contributed by atoms with Gasteiger partial charge in [0.25, 0.3) is 5.91 Å². The van der Waals surface area contributed by atoms with Gasteiger partial charge in [-0.15, -0.1) is 0 Å². The molecule has 0 atom stereocenters. The highest BCUT2D eigenvalue weighted by Gasteiger charge is 2.38. The number of carbonyl (C=O) groups is 1. The molecule has 0 saturated heterocycles. The van der Waals surface area contributed by atoms with Crippen molar-refractivity contribution < 1.29 is 9.90 Å². The summed E-state index contributed by atoms with van der Waals surface area (Å²) in [7, 11) is 0. The maximum Gasteiger partial charge on any atom is 0.251 e. The van der Waals surface area contributed by atoms with Crippen LogP contribution in [0, 0.1) is 6.92 Å². The minimum Gasteiger partial charge on any atom is -0.380 e. The van der Waals surface area contributed by atoms with E-state index in [1.54, 1.807) is 0 Å². The summed E-state index contributed by atoms with van der Waals surface area (Å²) in [4.78, 5) is 15.3. The number of hydrogen-bond acceptors (Lipinski definition) is 2. The van der Waals surface area contributed by atoms with Crippen LogP contribution < -0.4 is 5.32 Å². The summed E-state index contributed by atoms with van der Waals surface area (Å²) in [6, 6.07) is 6.33. The number of carbonyl (C=O) groups excluding carboxylic acids is 1. The molecule has 1 aromatic heterocycles. The van der Waals surface area contributed by atoms with Crippen molar-refractivity contribution in [1.29, 1.82) is 0 Å². The van der Waals surface area contributed by atoms with Crippen molar-refractivity contribution in [3.8, 4) is 0 Å². The average molecular weight is 286 g/mol. The summed E-state index contributed by atoms with van der Waals surface area (Å²) in [6.45, 7) is 2.63. The molecule has 1 aliphatic rings. The molecule has 2 aromatic rings. The van der Waals surface area contributed by atoms with Crippen LogP contribution in [0.1, 0.15) is 36.8 Å². The zero-order chi connectivity index (χ0) is 14.9. The summed E-state index contributed by atoms with van der Waals surface area (Å²) in [5.74, 6) is -0.212. The molecule has 1 heterocycles. The van der Waals surface area contributed by atoms with Crippen molar-refractivity contribution in [1.82, 2.24) is 10.3 Å². The number of amides is 1. The number of fused-ring (bicyclic) bond motifs is 1. The highest BCUT2D eigenvalue weighted by molar-refractivity contribution is 5.86. The van der Waals surface area contributed by atoms with Gasteiger partial charge in [-0.05, 0) is 56.2 Å². The van der Waals surface area contributed by atoms with Gasteiger partial charge in [0.1, 0.15) is 5.60 Å². The summed E-state index contributed by atoms with van der Waals surface area (Å²) in [6.07, 6.45) is 5.82. The van der Waals surface area contributed by atoms with E-state index < -0.39 is 5.60 Å². The second-order valence-electron chi connectivity index (χ2n) is 6.11. The van der Waals surface area contributed by atoms with Gasteiger partial charge in [-0.3, -0.25) is 4.79 Å². The van der Waals surface area contributed by atoms with Crippen LogP contribution in [0.5, 0.6) is 0 Å². The summed E-state index contributed by atoms with van der Waals surface area (Å²) >= 11 is 0. The quantitative estimate of drug-likeness (QED) is 0.808. The number of hydrogen-bond donors (Lipinski definition) is 3. The Morgan fingerprint density at radius 2 is 2.14 bits per heavy atom. The first kappa shape index (κ1) is 14.1. The third kappa shape index (κ3) is 2.81. The monoisotopic (exact) mass is 286 g/mol. The molecule has 1 fully saturated rings. The molecule has 1 aromatic carbocycles. The molecule has 3 rings (SSSR count). The van der Waals surface area contributed by atoms with Gasteiger partial charge in [0.05, 0.1) is 0 Å². The highest BCUT2D eigenvalue weighted by atomic mass is 16.3. The molecule has 1 amide bonds. The van der Waals surface area contributed by atoms with Crippen molar-refractivity contribution in [2.45, 2.75) is 44.6 Å². The Morgan fingerprint density at radius 1 is 1.38 bits per heavy atom. The summed E-state index contributed by atoms with van der Waals surface area (Å²) in [5.41, 5.74) is 2.43. The van der Waals surface area contributed by atoms with E-state index in [-0.39, 0.29) is 5.91 Å². The second-order valence-corrected chi connectivity index (χ2v) is 6.11. The van der Waals surface area contributed by atoms with E-state index in [0.29, 0.717) is 19.4 Å². The van der Waals surface area contributed by atoms with Gasteiger partial charge in [0, 0.05) is 23.6 Å². The lowest BCUT2D eigenvalue weighted by atomic mass is 10.0. The highest BCUT2D eigenvalue weighted by Crippen LogP contribution is 2.29. The molecule has 0 unspecified atom stereocenters. The number of aryl methyl sites for hydroxylation is 1. The Labute approximate surface area is 124 Å². The molecular weight excluding hydrogens is 264 g/mol. The van der Waals surface area contributed by atoms with Crippen LogP contribution in [-0.4, -0.2) is 28.1 Å². The molecule has 112 valence electrons. The van der Waals surface area contributed by atoms with Gasteiger partial charge in [0.2, 0.25) is 0 Å². The predicted molar refractivity (Wildman–Crippen MR) is 83.2 cm³/mol. The number of aromatic amines is 1. The van der Waals surface area contributed by atoms with Crippen molar-refractivity contribution in [2.75, 3.05) is 6.54 Å². The van der Waals surface area contributed by atoms with E-state index >= 15 is 0 Å². The fourth-order valence-corrected chi connectivity index (χ4v) is 3.17. The molecule has 3 N–H and O–H groups in total. The first-order chi connectivity index (χ1) is 10.1. The first-order valence-electron chi connectivity index (χ1n) is 7.66. The van der Waals surface area contributed by atoms with Crippen LogP contribution in [-0.2, 0) is 11.2 Å².